The highest BCUT2D eigenvalue weighted by atomic mass is 127. The Kier molecular flexibility index (Phi) is 12.3. The van der Waals surface area contributed by atoms with Gasteiger partial charge in [0.2, 0.25) is 0 Å². The number of aliphatic imine (C=N–C) groups is 1. The van der Waals surface area contributed by atoms with Crippen LogP contribution in [0.4, 0.5) is 0 Å². The zero-order valence-corrected chi connectivity index (χ0v) is 19.6. The molecule has 2 atom stereocenters. The Bertz CT molecular complexity index is 491. The molecule has 25 heavy (non-hydrogen) atoms. The summed E-state index contributed by atoms with van der Waals surface area (Å²) in [6.07, 6.45) is 8.51. The zero-order valence-electron chi connectivity index (χ0n) is 16.4. The molecule has 0 amide bonds. The predicted molar refractivity (Wildman–Crippen MR) is 118 cm³/mol. The van der Waals surface area contributed by atoms with Gasteiger partial charge in [0.25, 0.3) is 0 Å². The van der Waals surface area contributed by atoms with E-state index < -0.39 is 9.84 Å². The predicted octanol–water partition coefficient (Wildman–Crippen LogP) is 2.10. The summed E-state index contributed by atoms with van der Waals surface area (Å²) in [6, 6.07) is 0.564. The summed E-state index contributed by atoms with van der Waals surface area (Å²) >= 11 is 0. The van der Waals surface area contributed by atoms with Crippen LogP contribution in [0.1, 0.15) is 45.4 Å². The number of nitrogens with one attached hydrogen (secondary N) is 2. The fourth-order valence-electron chi connectivity index (χ4n) is 3.38. The molecule has 1 rings (SSSR count). The first-order valence-corrected chi connectivity index (χ1v) is 11.1. The normalized spacial score (nSPS) is 19.2. The van der Waals surface area contributed by atoms with Crippen molar-refractivity contribution in [3.8, 4) is 0 Å². The Morgan fingerprint density at radius 1 is 1.24 bits per heavy atom. The van der Waals surface area contributed by atoms with E-state index in [1.165, 1.54) is 38.4 Å². The summed E-state index contributed by atoms with van der Waals surface area (Å²) in [5.41, 5.74) is 0. The molecule has 0 aromatic rings. The van der Waals surface area contributed by atoms with Gasteiger partial charge in [-0.05, 0) is 46.2 Å². The summed E-state index contributed by atoms with van der Waals surface area (Å²) in [5, 5.41) is 6.72. The molecule has 0 spiro atoms. The number of guanidine groups is 1. The molecule has 2 unspecified atom stereocenters. The monoisotopic (exact) mass is 488 g/mol. The van der Waals surface area contributed by atoms with E-state index in [-0.39, 0.29) is 35.8 Å². The summed E-state index contributed by atoms with van der Waals surface area (Å²) in [6.45, 7) is 2.85. The van der Waals surface area contributed by atoms with Crippen LogP contribution >= 0.6 is 24.0 Å². The highest BCUT2D eigenvalue weighted by Gasteiger charge is 2.25. The molecule has 0 radical (unpaired) electrons. The third-order valence-electron chi connectivity index (χ3n) is 4.86. The van der Waals surface area contributed by atoms with Gasteiger partial charge < -0.3 is 15.5 Å². The molecule has 150 valence electrons. The van der Waals surface area contributed by atoms with Gasteiger partial charge in [-0.25, -0.2) is 8.42 Å². The number of halogens is 1. The first kappa shape index (κ1) is 24.9. The lowest BCUT2D eigenvalue weighted by Crippen LogP contribution is -2.50. The van der Waals surface area contributed by atoms with Gasteiger partial charge in [-0.15, -0.1) is 24.0 Å². The molecule has 0 bridgehead atoms. The third kappa shape index (κ3) is 10.6. The second-order valence-corrected chi connectivity index (χ2v) is 9.61. The van der Waals surface area contributed by atoms with E-state index in [4.69, 9.17) is 0 Å². The average Bonchev–Trinajstić information content (AvgIpc) is 2.52. The lowest BCUT2D eigenvalue weighted by molar-refractivity contribution is 0.171. The van der Waals surface area contributed by atoms with Gasteiger partial charge in [-0.2, -0.15) is 0 Å². The van der Waals surface area contributed by atoms with E-state index in [1.54, 1.807) is 7.05 Å². The maximum atomic E-state index is 11.3. The van der Waals surface area contributed by atoms with Crippen LogP contribution in [0, 0.1) is 5.92 Å². The van der Waals surface area contributed by atoms with Crippen molar-refractivity contribution < 1.29 is 8.42 Å². The molecular formula is C17H37IN4O2S. The van der Waals surface area contributed by atoms with Crippen molar-refractivity contribution in [3.63, 3.8) is 0 Å². The third-order valence-corrected chi connectivity index (χ3v) is 5.84. The van der Waals surface area contributed by atoms with E-state index in [0.717, 1.165) is 18.4 Å². The lowest BCUT2D eigenvalue weighted by Gasteiger charge is -2.35. The van der Waals surface area contributed by atoms with E-state index in [1.807, 2.05) is 6.92 Å². The van der Waals surface area contributed by atoms with Crippen LogP contribution in [0.3, 0.4) is 0 Å². The molecule has 0 saturated heterocycles. The standard InChI is InChI=1S/C17H36N4O2S.HI/c1-14(11-12-24(5,22)23)20-17(18-2)19-13-16(21(3)4)15-9-7-6-8-10-15;/h14-16H,6-13H2,1-5H3,(H2,18,19,20);1H. The summed E-state index contributed by atoms with van der Waals surface area (Å²) in [4.78, 5) is 6.58. The number of hydrogen-bond acceptors (Lipinski definition) is 4. The van der Waals surface area contributed by atoms with Crippen LogP contribution in [0.2, 0.25) is 0 Å². The van der Waals surface area contributed by atoms with Gasteiger partial charge in [0.05, 0.1) is 5.75 Å². The minimum Gasteiger partial charge on any atom is -0.355 e. The minimum absolute atomic E-state index is 0. The van der Waals surface area contributed by atoms with E-state index >= 15 is 0 Å². The van der Waals surface area contributed by atoms with E-state index in [9.17, 15) is 8.42 Å². The van der Waals surface area contributed by atoms with Crippen LogP contribution in [-0.2, 0) is 9.84 Å². The number of likely N-dealkylation sites (N-methyl/N-ethyl adjacent to an activating group) is 1. The molecule has 0 aromatic heterocycles. The van der Waals surface area contributed by atoms with Gasteiger partial charge in [0, 0.05) is 31.9 Å². The molecule has 0 aromatic carbocycles. The Balaban J connectivity index is 0.00000576. The quantitative estimate of drug-likeness (QED) is 0.311. The Hall–Kier alpha value is -0.0900. The summed E-state index contributed by atoms with van der Waals surface area (Å²) < 4.78 is 22.6. The SMILES string of the molecule is CN=C(NCC(C1CCCCC1)N(C)C)NC(C)CCS(C)(=O)=O.I. The first-order chi connectivity index (χ1) is 11.2. The Morgan fingerprint density at radius 2 is 1.84 bits per heavy atom. The van der Waals surface area contributed by atoms with Gasteiger partial charge >= 0.3 is 0 Å². The molecular weight excluding hydrogens is 451 g/mol. The van der Waals surface area contributed by atoms with Crippen LogP contribution < -0.4 is 10.6 Å². The topological polar surface area (TPSA) is 73.8 Å². The second-order valence-electron chi connectivity index (χ2n) is 7.35. The Labute approximate surface area is 171 Å². The van der Waals surface area contributed by atoms with Crippen molar-refractivity contribution in [1.82, 2.24) is 15.5 Å². The molecule has 1 aliphatic rings. The smallest absolute Gasteiger partial charge is 0.191 e. The van der Waals surface area contributed by atoms with Crippen molar-refractivity contribution in [1.29, 1.82) is 0 Å². The van der Waals surface area contributed by atoms with Gasteiger partial charge in [-0.1, -0.05) is 19.3 Å². The fourth-order valence-corrected chi connectivity index (χ4v) is 4.16. The fraction of sp³-hybridized carbons (Fsp3) is 0.941. The van der Waals surface area contributed by atoms with Gasteiger partial charge in [0.15, 0.2) is 5.96 Å². The number of nitrogens with zero attached hydrogens (tertiary/aromatic N) is 2. The van der Waals surface area contributed by atoms with Crippen LogP contribution in [0.25, 0.3) is 0 Å². The van der Waals surface area contributed by atoms with Gasteiger partial charge in [-0.3, -0.25) is 4.99 Å². The summed E-state index contributed by atoms with van der Waals surface area (Å²) in [5.74, 6) is 1.68. The molecule has 0 aliphatic heterocycles. The van der Waals surface area contributed by atoms with Crippen LogP contribution in [0.15, 0.2) is 4.99 Å². The molecule has 0 heterocycles. The largest absolute Gasteiger partial charge is 0.355 e. The number of hydrogen-bond donors (Lipinski definition) is 2. The molecule has 1 fully saturated rings. The minimum atomic E-state index is -2.92. The maximum absolute atomic E-state index is 11.3. The van der Waals surface area contributed by atoms with Crippen molar-refractivity contribution >= 4 is 39.8 Å². The zero-order chi connectivity index (χ0) is 18.2. The second kappa shape index (κ2) is 12.3. The molecule has 1 saturated carbocycles. The van der Waals surface area contributed by atoms with Crippen molar-refractivity contribution in [2.45, 2.75) is 57.5 Å². The van der Waals surface area contributed by atoms with Crippen molar-refractivity contribution in [2.24, 2.45) is 10.9 Å². The van der Waals surface area contributed by atoms with Crippen LogP contribution in [0.5, 0.6) is 0 Å². The summed E-state index contributed by atoms with van der Waals surface area (Å²) in [7, 11) is 3.12. The Morgan fingerprint density at radius 3 is 2.32 bits per heavy atom. The van der Waals surface area contributed by atoms with E-state index in [0.29, 0.717) is 12.5 Å². The molecule has 8 heteroatoms. The average molecular weight is 488 g/mol. The van der Waals surface area contributed by atoms with E-state index in [2.05, 4.69) is 34.6 Å². The molecule has 6 nitrogen and oxygen atoms in total. The van der Waals surface area contributed by atoms with Crippen LogP contribution in [-0.4, -0.2) is 71.1 Å². The molecule has 2 N–H and O–H groups in total. The van der Waals surface area contributed by atoms with Crippen molar-refractivity contribution in [3.05, 3.63) is 0 Å². The number of sulfone groups is 1. The van der Waals surface area contributed by atoms with Crippen molar-refractivity contribution in [2.75, 3.05) is 39.7 Å². The first-order valence-electron chi connectivity index (χ1n) is 9.04. The molecule has 1 aliphatic carbocycles. The maximum Gasteiger partial charge on any atom is 0.191 e. The highest BCUT2D eigenvalue weighted by molar-refractivity contribution is 14.0. The lowest BCUT2D eigenvalue weighted by atomic mass is 9.83. The van der Waals surface area contributed by atoms with Gasteiger partial charge in [0.1, 0.15) is 9.84 Å². The number of rotatable bonds is 8. The highest BCUT2D eigenvalue weighted by Crippen LogP contribution is 2.27.